The Morgan fingerprint density at radius 1 is 1.14 bits per heavy atom. The van der Waals surface area contributed by atoms with Crippen molar-refractivity contribution in [2.75, 3.05) is 19.7 Å². The van der Waals surface area contributed by atoms with Gasteiger partial charge in [-0.25, -0.2) is 0 Å². The van der Waals surface area contributed by atoms with E-state index in [2.05, 4.69) is 5.32 Å². The molecule has 29 heavy (non-hydrogen) atoms. The van der Waals surface area contributed by atoms with Gasteiger partial charge in [-0.1, -0.05) is 18.2 Å². The Labute approximate surface area is 164 Å². The maximum absolute atomic E-state index is 12.5. The molecule has 0 fully saturated rings. The van der Waals surface area contributed by atoms with Gasteiger partial charge < -0.3 is 14.8 Å². The summed E-state index contributed by atoms with van der Waals surface area (Å²) in [6.45, 7) is -0.208. The Hall–Kier alpha value is -3.95. The Morgan fingerprint density at radius 2 is 1.90 bits per heavy atom. The van der Waals surface area contributed by atoms with Gasteiger partial charge in [0.1, 0.15) is 24.8 Å². The van der Waals surface area contributed by atoms with Gasteiger partial charge in [0.05, 0.1) is 17.0 Å². The van der Waals surface area contributed by atoms with E-state index in [1.54, 1.807) is 18.2 Å². The minimum atomic E-state index is -0.862. The molecule has 1 N–H and O–H groups in total. The largest absolute Gasteiger partial charge is 0.486 e. The predicted molar refractivity (Wildman–Crippen MR) is 97.8 cm³/mol. The molecule has 148 valence electrons. The lowest BCUT2D eigenvalue weighted by Gasteiger charge is -2.26. The third-order valence-electron chi connectivity index (χ3n) is 4.57. The number of carbonyl (C=O) groups excluding carboxylic acids is 3. The number of ether oxygens (including phenoxy) is 2. The standard InChI is InChI=1S/C19H15N3O7/c23-16(20-8-11-10-28-14-6-1-2-7-15(14)29-11)9-21-18(24)12-4-3-5-13(22(26)27)17(12)19(21)25/h1-7,11H,8-10H2,(H,20,23). The monoisotopic (exact) mass is 397 g/mol. The molecule has 2 aromatic rings. The maximum Gasteiger partial charge on any atom is 0.282 e. The summed E-state index contributed by atoms with van der Waals surface area (Å²) in [6.07, 6.45) is -0.433. The molecule has 0 radical (unpaired) electrons. The van der Waals surface area contributed by atoms with Crippen LogP contribution in [0, 0.1) is 10.1 Å². The van der Waals surface area contributed by atoms with E-state index in [1.807, 2.05) is 6.07 Å². The Morgan fingerprint density at radius 3 is 2.66 bits per heavy atom. The number of amides is 3. The lowest BCUT2D eigenvalue weighted by Crippen LogP contribution is -2.45. The summed E-state index contributed by atoms with van der Waals surface area (Å²) in [7, 11) is 0. The van der Waals surface area contributed by atoms with Crippen LogP contribution in [0.4, 0.5) is 5.69 Å². The first-order chi connectivity index (χ1) is 14.0. The number of hydrogen-bond donors (Lipinski definition) is 1. The van der Waals surface area contributed by atoms with Crippen LogP contribution < -0.4 is 14.8 Å². The number of benzene rings is 2. The highest BCUT2D eigenvalue weighted by molar-refractivity contribution is 6.24. The smallest absolute Gasteiger partial charge is 0.282 e. The molecule has 2 aliphatic heterocycles. The van der Waals surface area contributed by atoms with Gasteiger partial charge in [-0.15, -0.1) is 0 Å². The van der Waals surface area contributed by atoms with Crippen LogP contribution in [0.15, 0.2) is 42.5 Å². The average Bonchev–Trinajstić information content (AvgIpc) is 2.97. The average molecular weight is 397 g/mol. The minimum Gasteiger partial charge on any atom is -0.486 e. The molecule has 1 unspecified atom stereocenters. The molecule has 10 heteroatoms. The van der Waals surface area contributed by atoms with Crippen molar-refractivity contribution in [3.63, 3.8) is 0 Å². The van der Waals surface area contributed by atoms with Crippen LogP contribution >= 0.6 is 0 Å². The van der Waals surface area contributed by atoms with Crippen molar-refractivity contribution in [1.82, 2.24) is 10.2 Å². The van der Waals surface area contributed by atoms with Crippen molar-refractivity contribution in [1.29, 1.82) is 0 Å². The fourth-order valence-electron chi connectivity index (χ4n) is 3.20. The summed E-state index contributed by atoms with van der Waals surface area (Å²) in [5.74, 6) is -1.02. The van der Waals surface area contributed by atoms with E-state index in [4.69, 9.17) is 9.47 Å². The number of rotatable bonds is 5. The molecule has 4 rings (SSSR count). The molecular formula is C19H15N3O7. The van der Waals surface area contributed by atoms with E-state index < -0.39 is 41.0 Å². The topological polar surface area (TPSA) is 128 Å². The zero-order valence-electron chi connectivity index (χ0n) is 15.0. The Balaban J connectivity index is 1.38. The Kier molecular flexibility index (Phi) is 4.59. The number of para-hydroxylation sites is 2. The SMILES string of the molecule is O=C(CN1C(=O)c2cccc([N+](=O)[O-])c2C1=O)NCC1COc2ccccc2O1. The molecule has 0 aliphatic carbocycles. The van der Waals surface area contributed by atoms with Crippen molar-refractivity contribution < 1.29 is 28.8 Å². The lowest BCUT2D eigenvalue weighted by molar-refractivity contribution is -0.385. The van der Waals surface area contributed by atoms with Gasteiger partial charge in [0.15, 0.2) is 11.5 Å². The fourth-order valence-corrected chi connectivity index (χ4v) is 3.20. The van der Waals surface area contributed by atoms with Crippen LogP contribution in [0.1, 0.15) is 20.7 Å². The van der Waals surface area contributed by atoms with E-state index >= 15 is 0 Å². The van der Waals surface area contributed by atoms with Crippen LogP contribution in [0.5, 0.6) is 11.5 Å². The summed E-state index contributed by atoms with van der Waals surface area (Å²) in [4.78, 5) is 48.3. The number of nitrogens with one attached hydrogen (secondary N) is 1. The van der Waals surface area contributed by atoms with E-state index in [-0.39, 0.29) is 24.3 Å². The first-order valence-electron chi connectivity index (χ1n) is 8.74. The molecule has 0 saturated heterocycles. The van der Waals surface area contributed by atoms with Crippen molar-refractivity contribution in [3.05, 3.63) is 63.7 Å². The second kappa shape index (κ2) is 7.23. The first kappa shape index (κ1) is 18.4. The molecule has 2 heterocycles. The number of imide groups is 1. The van der Waals surface area contributed by atoms with Gasteiger partial charge in [0, 0.05) is 6.07 Å². The fraction of sp³-hybridized carbons (Fsp3) is 0.211. The van der Waals surface area contributed by atoms with Crippen LogP contribution in [-0.2, 0) is 4.79 Å². The van der Waals surface area contributed by atoms with Gasteiger partial charge in [-0.3, -0.25) is 29.4 Å². The number of fused-ring (bicyclic) bond motifs is 2. The molecule has 3 amide bonds. The molecule has 0 aromatic heterocycles. The third-order valence-corrected chi connectivity index (χ3v) is 4.57. The van der Waals surface area contributed by atoms with Gasteiger partial charge in [-0.2, -0.15) is 0 Å². The molecule has 2 aromatic carbocycles. The molecule has 10 nitrogen and oxygen atoms in total. The van der Waals surface area contributed by atoms with Crippen LogP contribution in [0.2, 0.25) is 0 Å². The quantitative estimate of drug-likeness (QED) is 0.455. The lowest BCUT2D eigenvalue weighted by atomic mass is 10.1. The predicted octanol–water partition coefficient (Wildman–Crippen LogP) is 1.15. The summed E-state index contributed by atoms with van der Waals surface area (Å²) < 4.78 is 11.3. The zero-order chi connectivity index (χ0) is 20.5. The molecule has 0 saturated carbocycles. The number of carbonyl (C=O) groups is 3. The zero-order valence-corrected chi connectivity index (χ0v) is 15.0. The molecular weight excluding hydrogens is 382 g/mol. The van der Waals surface area contributed by atoms with Crippen molar-refractivity contribution in [2.24, 2.45) is 0 Å². The molecule has 0 spiro atoms. The highest BCUT2D eigenvalue weighted by Gasteiger charge is 2.41. The minimum absolute atomic E-state index is 0.0855. The first-order valence-corrected chi connectivity index (χ1v) is 8.74. The summed E-state index contributed by atoms with van der Waals surface area (Å²) in [5, 5.41) is 13.7. The normalized spacial score (nSPS) is 17.1. The van der Waals surface area contributed by atoms with Gasteiger partial charge in [0.25, 0.3) is 17.5 Å². The van der Waals surface area contributed by atoms with Crippen molar-refractivity contribution in [3.8, 4) is 11.5 Å². The number of nitrogens with zero attached hydrogens (tertiary/aromatic N) is 2. The molecule has 1 atom stereocenters. The van der Waals surface area contributed by atoms with Crippen LogP contribution in [-0.4, -0.2) is 53.3 Å². The summed E-state index contributed by atoms with van der Waals surface area (Å²) in [5.41, 5.74) is -0.844. The highest BCUT2D eigenvalue weighted by atomic mass is 16.6. The van der Waals surface area contributed by atoms with Crippen molar-refractivity contribution >= 4 is 23.4 Å². The number of nitro benzene ring substituents is 1. The van der Waals surface area contributed by atoms with Gasteiger partial charge in [0.2, 0.25) is 5.91 Å². The molecule has 0 bridgehead atoms. The van der Waals surface area contributed by atoms with Crippen molar-refractivity contribution in [2.45, 2.75) is 6.10 Å². The second-order valence-corrected chi connectivity index (χ2v) is 6.45. The number of nitro groups is 1. The van der Waals surface area contributed by atoms with E-state index in [0.717, 1.165) is 6.07 Å². The van der Waals surface area contributed by atoms with E-state index in [9.17, 15) is 24.5 Å². The second-order valence-electron chi connectivity index (χ2n) is 6.45. The highest BCUT2D eigenvalue weighted by Crippen LogP contribution is 2.31. The summed E-state index contributed by atoms with van der Waals surface area (Å²) >= 11 is 0. The van der Waals surface area contributed by atoms with Crippen LogP contribution in [0.25, 0.3) is 0 Å². The van der Waals surface area contributed by atoms with E-state index in [1.165, 1.54) is 12.1 Å². The molecule has 2 aliphatic rings. The van der Waals surface area contributed by atoms with Crippen LogP contribution in [0.3, 0.4) is 0 Å². The Bertz CT molecular complexity index is 1040. The third kappa shape index (κ3) is 3.35. The van der Waals surface area contributed by atoms with Gasteiger partial charge in [-0.05, 0) is 18.2 Å². The number of hydrogen-bond acceptors (Lipinski definition) is 7. The summed E-state index contributed by atoms with van der Waals surface area (Å²) in [6, 6.07) is 10.9. The maximum atomic E-state index is 12.5. The van der Waals surface area contributed by atoms with E-state index in [0.29, 0.717) is 16.4 Å². The van der Waals surface area contributed by atoms with Gasteiger partial charge >= 0.3 is 0 Å².